The first kappa shape index (κ1) is 30.9. The number of aliphatic imine (C=N–C) groups is 1. The van der Waals surface area contributed by atoms with E-state index in [1.165, 1.54) is 31.4 Å². The van der Waals surface area contributed by atoms with Gasteiger partial charge in [0.2, 0.25) is 5.96 Å². The van der Waals surface area contributed by atoms with Gasteiger partial charge in [0.1, 0.15) is 11.9 Å². The fraction of sp³-hybridized carbons (Fsp3) is 0.235. The Hall–Kier alpha value is -1.13. The number of nitrogens with one attached hydrogen (secondary N) is 1. The van der Waals surface area contributed by atoms with Crippen molar-refractivity contribution in [1.82, 2.24) is 15.4 Å². The number of pyridine rings is 1. The fourth-order valence-electron chi connectivity index (χ4n) is 2.83. The number of benzene rings is 1. The summed E-state index contributed by atoms with van der Waals surface area (Å²) in [4.78, 5) is 42.5. The number of carbonyl (C=O) groups excluding carboxylic acids is 1. The summed E-state index contributed by atoms with van der Waals surface area (Å²) in [6.07, 6.45) is -0.405. The monoisotopic (exact) mass is 513 g/mol. The summed E-state index contributed by atoms with van der Waals surface area (Å²) in [7, 11) is -3.67. The van der Waals surface area contributed by atoms with E-state index in [0.29, 0.717) is 5.56 Å². The Bertz CT molecular complexity index is 1070. The zero-order valence-electron chi connectivity index (χ0n) is 18.7. The largest absolute Gasteiger partial charge is 1.00 e. The minimum atomic E-state index is -5.20. The predicted octanol–water partition coefficient (Wildman–Crippen LogP) is -6.68. The van der Waals surface area contributed by atoms with Crippen molar-refractivity contribution in [1.29, 1.82) is 0 Å². The number of cyclic esters (lactones) is 1. The third-order valence-corrected chi connectivity index (χ3v) is 4.76. The summed E-state index contributed by atoms with van der Waals surface area (Å²) in [5, 5.41) is 1.16. The number of carbonyl (C=O) groups is 1. The van der Waals surface area contributed by atoms with E-state index in [-0.39, 0.29) is 88.7 Å². The van der Waals surface area contributed by atoms with Crippen LogP contribution in [0.5, 0.6) is 0 Å². The van der Waals surface area contributed by atoms with E-state index in [4.69, 9.17) is 16.4 Å². The van der Waals surface area contributed by atoms with Crippen molar-refractivity contribution in [3.8, 4) is 11.1 Å². The smallest absolute Gasteiger partial charge is 0.790 e. The Morgan fingerprint density at radius 3 is 2.65 bits per heavy atom. The standard InChI is InChI=1S/C17H21FN7O6P.2Na/c1-24(20)16(23-19)22-15-5-2-10(7-21-15)13-4-3-11(6-14(13)18)25-8-12(31-17(25)26)9-30-32(27,28)29;;/h2-7,12H,8-9,19-20H2,1H3,(H,21,22,23)(H2,27,28,29);;/q;2*+1/p-2. The molecule has 0 aliphatic carbocycles. The van der Waals surface area contributed by atoms with Gasteiger partial charge >= 0.3 is 65.2 Å². The van der Waals surface area contributed by atoms with Crippen molar-refractivity contribution < 1.29 is 91.9 Å². The number of anilines is 1. The second kappa shape index (κ2) is 13.3. The van der Waals surface area contributed by atoms with Crippen molar-refractivity contribution in [2.75, 3.05) is 25.1 Å². The van der Waals surface area contributed by atoms with Crippen LogP contribution in [0.25, 0.3) is 11.1 Å². The molecule has 1 saturated heterocycles. The fourth-order valence-corrected chi connectivity index (χ4v) is 3.18. The normalized spacial score (nSPS) is 15.8. The third-order valence-electron chi connectivity index (χ3n) is 4.30. The molecule has 2 aromatic rings. The number of hydrogen-bond acceptors (Lipinski definition) is 10. The molecule has 0 spiro atoms. The predicted molar refractivity (Wildman–Crippen MR) is 107 cm³/mol. The maximum atomic E-state index is 14.8. The number of nitrogens with zero attached hydrogens (tertiary/aromatic N) is 4. The van der Waals surface area contributed by atoms with Crippen molar-refractivity contribution in [3.05, 3.63) is 42.3 Å². The van der Waals surface area contributed by atoms with Crippen LogP contribution >= 0.6 is 7.82 Å². The van der Waals surface area contributed by atoms with Crippen LogP contribution in [0.3, 0.4) is 0 Å². The van der Waals surface area contributed by atoms with Crippen molar-refractivity contribution in [2.24, 2.45) is 16.7 Å². The number of hydrazine groups is 2. The molecule has 172 valence electrons. The van der Waals surface area contributed by atoms with E-state index in [2.05, 4.69) is 19.9 Å². The summed E-state index contributed by atoms with van der Waals surface area (Å²) < 4.78 is 34.4. The van der Waals surface area contributed by atoms with Crippen molar-refractivity contribution >= 4 is 31.4 Å². The average molecular weight is 513 g/mol. The van der Waals surface area contributed by atoms with Gasteiger partial charge in [-0.15, -0.1) is 0 Å². The number of aromatic nitrogens is 1. The van der Waals surface area contributed by atoms with Gasteiger partial charge in [0.05, 0.1) is 26.7 Å². The minimum Gasteiger partial charge on any atom is -0.790 e. The topological polar surface area (TPSA) is 195 Å². The number of ether oxygens (including phenoxy) is 1. The van der Waals surface area contributed by atoms with E-state index in [1.54, 1.807) is 6.07 Å². The first-order chi connectivity index (χ1) is 15.1. The maximum absolute atomic E-state index is 14.8. The molecule has 13 nitrogen and oxygen atoms in total. The summed E-state index contributed by atoms with van der Waals surface area (Å²) >= 11 is 0. The van der Waals surface area contributed by atoms with Gasteiger partial charge in [0.25, 0.3) is 0 Å². The second-order valence-corrected chi connectivity index (χ2v) is 7.77. The third kappa shape index (κ3) is 8.22. The van der Waals surface area contributed by atoms with Crippen LogP contribution in [0.4, 0.5) is 20.7 Å². The Labute approximate surface area is 238 Å². The molecule has 1 atom stereocenters. The molecule has 1 fully saturated rings. The molecule has 0 saturated carbocycles. The molecule has 1 aliphatic rings. The molecule has 1 aromatic carbocycles. The van der Waals surface area contributed by atoms with Gasteiger partial charge in [-0.05, 0) is 30.3 Å². The molecule has 2 heterocycles. The van der Waals surface area contributed by atoms with Gasteiger partial charge in [0, 0.05) is 24.4 Å². The van der Waals surface area contributed by atoms with Crippen LogP contribution in [0.2, 0.25) is 0 Å². The Morgan fingerprint density at radius 1 is 1.41 bits per heavy atom. The molecule has 17 heteroatoms. The molecule has 1 aromatic heterocycles. The number of phosphoric ester groups is 1. The quantitative estimate of drug-likeness (QED) is 0.0830. The first-order valence-corrected chi connectivity index (χ1v) is 10.5. The van der Waals surface area contributed by atoms with Crippen molar-refractivity contribution in [2.45, 2.75) is 6.10 Å². The zero-order valence-corrected chi connectivity index (χ0v) is 23.6. The Balaban J connectivity index is 0.00000289. The van der Waals surface area contributed by atoms with Crippen molar-refractivity contribution in [3.63, 3.8) is 0 Å². The van der Waals surface area contributed by atoms with E-state index in [9.17, 15) is 23.5 Å². The van der Waals surface area contributed by atoms with Crippen LogP contribution in [-0.4, -0.2) is 48.3 Å². The molecule has 5 N–H and O–H groups in total. The number of halogens is 1. The zero-order chi connectivity index (χ0) is 23.5. The Kier molecular flexibility index (Phi) is 12.0. The molecule has 1 amide bonds. The first-order valence-electron chi connectivity index (χ1n) is 9.02. The Morgan fingerprint density at radius 2 is 2.12 bits per heavy atom. The SMILES string of the molecule is CN(N)C(=Nc1ccc(-c2ccc(N3CC(COP(=O)([O-])[O-])OC3=O)cc2F)cn1)NN.[Na+].[Na+]. The van der Waals surface area contributed by atoms with Gasteiger partial charge in [-0.2, -0.15) is 4.99 Å². The van der Waals surface area contributed by atoms with Crippen LogP contribution in [0.15, 0.2) is 41.5 Å². The minimum absolute atomic E-state index is 0. The number of nitrogens with two attached hydrogens (primary N) is 2. The molecular formula is C17H19FN7Na2O6P. The number of amides is 1. The molecule has 0 bridgehead atoms. The van der Waals surface area contributed by atoms with Gasteiger partial charge < -0.3 is 23.6 Å². The summed E-state index contributed by atoms with van der Waals surface area (Å²) in [5.74, 6) is 10.7. The van der Waals surface area contributed by atoms with Gasteiger partial charge in [-0.3, -0.25) is 15.3 Å². The molecule has 1 unspecified atom stereocenters. The summed E-state index contributed by atoms with van der Waals surface area (Å²) in [5.41, 5.74) is 3.17. The van der Waals surface area contributed by atoms with Crippen LogP contribution in [0.1, 0.15) is 0 Å². The van der Waals surface area contributed by atoms with Gasteiger partial charge in [0.15, 0.2) is 5.82 Å². The number of phosphoric acid groups is 1. The molecule has 3 rings (SSSR count). The molecule has 0 radical (unpaired) electrons. The summed E-state index contributed by atoms with van der Waals surface area (Å²) in [6.45, 7) is -0.728. The summed E-state index contributed by atoms with van der Waals surface area (Å²) in [6, 6.07) is 7.19. The second-order valence-electron chi connectivity index (χ2n) is 6.62. The molecule has 1 aliphatic heterocycles. The maximum Gasteiger partial charge on any atom is 1.00 e. The van der Waals surface area contributed by atoms with Crippen LogP contribution < -0.4 is 90.9 Å². The van der Waals surface area contributed by atoms with Gasteiger partial charge in [-0.1, -0.05) is 0 Å². The van der Waals surface area contributed by atoms with E-state index < -0.39 is 32.4 Å². The molecular weight excluding hydrogens is 494 g/mol. The van der Waals surface area contributed by atoms with E-state index in [0.717, 1.165) is 16.0 Å². The van der Waals surface area contributed by atoms with E-state index in [1.807, 2.05) is 0 Å². The number of guanidine groups is 1. The van der Waals surface area contributed by atoms with Crippen LogP contribution in [0, 0.1) is 5.82 Å². The number of hydrogen-bond donors (Lipinski definition) is 3. The average Bonchev–Trinajstić information content (AvgIpc) is 3.11. The number of rotatable bonds is 6. The van der Waals surface area contributed by atoms with E-state index >= 15 is 0 Å². The van der Waals surface area contributed by atoms with Gasteiger partial charge in [-0.25, -0.2) is 25.9 Å². The molecule has 34 heavy (non-hydrogen) atoms. The van der Waals surface area contributed by atoms with Crippen LogP contribution in [-0.2, 0) is 13.8 Å².